The van der Waals surface area contributed by atoms with Gasteiger partial charge in [-0.05, 0) is 57.2 Å². The number of nitrogens with zero attached hydrogens (tertiary/aromatic N) is 2. The summed E-state index contributed by atoms with van der Waals surface area (Å²) in [7, 11) is 0. The first-order valence-corrected chi connectivity index (χ1v) is 9.24. The van der Waals surface area contributed by atoms with Gasteiger partial charge in [-0.25, -0.2) is 9.18 Å². The third-order valence-corrected chi connectivity index (χ3v) is 5.74. The molecule has 0 spiro atoms. The van der Waals surface area contributed by atoms with Crippen molar-refractivity contribution in [1.29, 1.82) is 0 Å². The normalized spacial score (nSPS) is 31.2. The number of rotatable bonds is 2. The van der Waals surface area contributed by atoms with Crippen LogP contribution >= 0.6 is 0 Å². The number of halogens is 1. The van der Waals surface area contributed by atoms with E-state index in [4.69, 9.17) is 4.74 Å². The average molecular weight is 346 g/mol. The van der Waals surface area contributed by atoms with Crippen molar-refractivity contribution in [1.82, 2.24) is 4.90 Å². The van der Waals surface area contributed by atoms with Gasteiger partial charge in [-0.15, -0.1) is 0 Å². The number of alkyl halides is 1. The molecule has 0 radical (unpaired) electrons. The first kappa shape index (κ1) is 16.7. The van der Waals surface area contributed by atoms with Gasteiger partial charge in [-0.3, -0.25) is 0 Å². The Morgan fingerprint density at radius 1 is 1.24 bits per heavy atom. The number of hydrogen-bond donors (Lipinski definition) is 0. The van der Waals surface area contributed by atoms with Gasteiger partial charge >= 0.3 is 6.09 Å². The van der Waals surface area contributed by atoms with Gasteiger partial charge in [0.05, 0.1) is 0 Å². The van der Waals surface area contributed by atoms with E-state index in [9.17, 15) is 9.18 Å². The third-order valence-electron chi connectivity index (χ3n) is 5.74. The topological polar surface area (TPSA) is 32.8 Å². The van der Waals surface area contributed by atoms with Crippen molar-refractivity contribution in [2.24, 2.45) is 5.92 Å². The zero-order valence-electron chi connectivity index (χ0n) is 15.3. The minimum atomic E-state index is -0.705. The second-order valence-electron chi connectivity index (χ2n) is 8.80. The summed E-state index contributed by atoms with van der Waals surface area (Å²) in [6.07, 6.45) is 0.852. The maximum absolute atomic E-state index is 13.4. The van der Waals surface area contributed by atoms with Gasteiger partial charge in [0, 0.05) is 37.3 Å². The van der Waals surface area contributed by atoms with Crippen LogP contribution in [0.4, 0.5) is 14.9 Å². The molecule has 0 N–H and O–H groups in total. The number of anilines is 1. The summed E-state index contributed by atoms with van der Waals surface area (Å²) in [4.78, 5) is 16.3. The number of amides is 1. The fraction of sp³-hybridized carbons (Fsp3) is 0.650. The van der Waals surface area contributed by atoms with Crippen LogP contribution in [0.5, 0.6) is 0 Å². The Balaban J connectivity index is 1.44. The van der Waals surface area contributed by atoms with Crippen LogP contribution in [0, 0.1) is 5.92 Å². The number of carbonyl (C=O) groups excluding carboxylic acids is 1. The number of carbonyl (C=O) groups is 1. The zero-order chi connectivity index (χ0) is 17.8. The van der Waals surface area contributed by atoms with Gasteiger partial charge in [-0.2, -0.15) is 0 Å². The molecule has 4 rings (SSSR count). The molecule has 1 aromatic rings. The molecule has 136 valence electrons. The quantitative estimate of drug-likeness (QED) is 0.818. The number of ether oxygens (including phenoxy) is 1. The molecule has 1 amide bonds. The van der Waals surface area contributed by atoms with Gasteiger partial charge in [0.2, 0.25) is 0 Å². The zero-order valence-corrected chi connectivity index (χ0v) is 15.3. The van der Waals surface area contributed by atoms with E-state index in [1.807, 2.05) is 25.7 Å². The summed E-state index contributed by atoms with van der Waals surface area (Å²) in [6, 6.07) is 8.54. The molecule has 2 heterocycles. The van der Waals surface area contributed by atoms with Crippen LogP contribution in [-0.4, -0.2) is 48.9 Å². The monoisotopic (exact) mass is 346 g/mol. The molecular formula is C20H27FN2O2. The molecule has 0 aromatic heterocycles. The fourth-order valence-corrected chi connectivity index (χ4v) is 4.35. The maximum Gasteiger partial charge on any atom is 0.410 e. The van der Waals surface area contributed by atoms with Crippen LogP contribution in [0.25, 0.3) is 0 Å². The van der Waals surface area contributed by atoms with Crippen molar-refractivity contribution in [3.63, 3.8) is 0 Å². The predicted molar refractivity (Wildman–Crippen MR) is 95.8 cm³/mol. The van der Waals surface area contributed by atoms with E-state index in [2.05, 4.69) is 29.2 Å². The lowest BCUT2D eigenvalue weighted by molar-refractivity contribution is 0.0270. The number of benzene rings is 1. The number of piperidine rings is 1. The molecule has 3 fully saturated rings. The van der Waals surface area contributed by atoms with Crippen molar-refractivity contribution in [2.75, 3.05) is 31.1 Å². The van der Waals surface area contributed by atoms with E-state index in [0.717, 1.165) is 31.7 Å². The van der Waals surface area contributed by atoms with Gasteiger partial charge < -0.3 is 14.5 Å². The molecule has 3 unspecified atom stereocenters. The van der Waals surface area contributed by atoms with Crippen molar-refractivity contribution >= 4 is 11.8 Å². The van der Waals surface area contributed by atoms with Gasteiger partial charge in [-0.1, -0.05) is 12.1 Å². The molecule has 2 aliphatic heterocycles. The van der Waals surface area contributed by atoms with Crippen LogP contribution in [-0.2, 0) is 10.2 Å². The molecule has 0 bridgehead atoms. The molecule has 5 heteroatoms. The minimum Gasteiger partial charge on any atom is -0.444 e. The van der Waals surface area contributed by atoms with Crippen molar-refractivity contribution in [2.45, 2.75) is 50.8 Å². The average Bonchev–Trinajstić information content (AvgIpc) is 2.90. The van der Waals surface area contributed by atoms with Crippen LogP contribution in [0.3, 0.4) is 0 Å². The summed E-state index contributed by atoms with van der Waals surface area (Å²) >= 11 is 0. The van der Waals surface area contributed by atoms with Crippen molar-refractivity contribution < 1.29 is 13.9 Å². The van der Waals surface area contributed by atoms with Gasteiger partial charge in [0.1, 0.15) is 11.8 Å². The Morgan fingerprint density at radius 3 is 2.56 bits per heavy atom. The molecule has 25 heavy (non-hydrogen) atoms. The van der Waals surface area contributed by atoms with Crippen LogP contribution in [0.1, 0.15) is 39.2 Å². The lowest BCUT2D eigenvalue weighted by atomic mass is 9.95. The third kappa shape index (κ3) is 3.09. The minimum absolute atomic E-state index is 0.100. The first-order chi connectivity index (χ1) is 11.8. The molecular weight excluding hydrogens is 319 g/mol. The molecule has 1 aliphatic carbocycles. The highest BCUT2D eigenvalue weighted by atomic mass is 19.1. The summed E-state index contributed by atoms with van der Waals surface area (Å²) in [6.45, 7) is 8.51. The molecule has 1 aromatic carbocycles. The van der Waals surface area contributed by atoms with Crippen LogP contribution in [0.2, 0.25) is 0 Å². The van der Waals surface area contributed by atoms with E-state index in [0.29, 0.717) is 18.9 Å². The summed E-state index contributed by atoms with van der Waals surface area (Å²) in [5.41, 5.74) is 2.04. The molecule has 3 atom stereocenters. The Kier molecular flexibility index (Phi) is 3.74. The van der Waals surface area contributed by atoms with E-state index in [-0.39, 0.29) is 11.5 Å². The fourth-order valence-electron chi connectivity index (χ4n) is 4.35. The second kappa shape index (κ2) is 5.61. The van der Waals surface area contributed by atoms with Gasteiger partial charge in [0.15, 0.2) is 0 Å². The summed E-state index contributed by atoms with van der Waals surface area (Å²) in [5, 5.41) is 0. The lowest BCUT2D eigenvalue weighted by Gasteiger charge is -2.26. The first-order valence-electron chi connectivity index (χ1n) is 9.24. The van der Waals surface area contributed by atoms with Crippen LogP contribution in [0.15, 0.2) is 24.3 Å². The van der Waals surface area contributed by atoms with E-state index >= 15 is 0 Å². The Hall–Kier alpha value is -1.78. The highest BCUT2D eigenvalue weighted by molar-refractivity contribution is 5.70. The number of fused-ring (bicyclic) bond motifs is 1. The van der Waals surface area contributed by atoms with E-state index in [1.165, 1.54) is 5.56 Å². The SMILES string of the molecule is CC(C)(C)OC(=O)N1CC2CC2(c2ccc(N3CCC(F)C3)cc2)C1. The number of likely N-dealkylation sites (tertiary alicyclic amines) is 1. The van der Waals surface area contributed by atoms with E-state index in [1.54, 1.807) is 0 Å². The number of hydrogen-bond acceptors (Lipinski definition) is 3. The lowest BCUT2D eigenvalue weighted by Crippen LogP contribution is -2.37. The Bertz CT molecular complexity index is 669. The molecule has 1 saturated carbocycles. The summed E-state index contributed by atoms with van der Waals surface area (Å²) < 4.78 is 18.9. The highest BCUT2D eigenvalue weighted by Gasteiger charge is 2.62. The molecule has 4 nitrogen and oxygen atoms in total. The van der Waals surface area contributed by atoms with E-state index < -0.39 is 11.8 Å². The Morgan fingerprint density at radius 2 is 1.96 bits per heavy atom. The predicted octanol–water partition coefficient (Wildman–Crippen LogP) is 3.74. The highest BCUT2D eigenvalue weighted by Crippen LogP contribution is 2.59. The summed E-state index contributed by atoms with van der Waals surface area (Å²) in [5.74, 6) is 0.535. The maximum atomic E-state index is 13.4. The Labute approximate surface area is 148 Å². The van der Waals surface area contributed by atoms with Gasteiger partial charge in [0.25, 0.3) is 0 Å². The largest absolute Gasteiger partial charge is 0.444 e. The van der Waals surface area contributed by atoms with Crippen molar-refractivity contribution in [3.8, 4) is 0 Å². The van der Waals surface area contributed by atoms with Crippen molar-refractivity contribution in [3.05, 3.63) is 29.8 Å². The molecule has 2 saturated heterocycles. The molecule has 3 aliphatic rings. The smallest absolute Gasteiger partial charge is 0.410 e. The standard InChI is InChI=1S/C20H27FN2O2/c1-19(2,3)25-18(24)23-11-15-10-20(15,13-23)14-4-6-17(7-5-14)22-9-8-16(21)12-22/h4-7,15-16H,8-13H2,1-3H3. The second-order valence-corrected chi connectivity index (χ2v) is 8.80. The van der Waals surface area contributed by atoms with Crippen LogP contribution < -0.4 is 4.90 Å².